The monoisotopic (exact) mass is 343 g/mol. The van der Waals surface area contributed by atoms with Crippen molar-refractivity contribution in [1.29, 1.82) is 0 Å². The van der Waals surface area contributed by atoms with E-state index >= 15 is 0 Å². The van der Waals surface area contributed by atoms with E-state index in [4.69, 9.17) is 0 Å². The Morgan fingerprint density at radius 1 is 1.32 bits per heavy atom. The summed E-state index contributed by atoms with van der Waals surface area (Å²) in [6.45, 7) is 1.39. The zero-order valence-electron chi connectivity index (χ0n) is 14.3. The second-order valence-electron chi connectivity index (χ2n) is 6.61. The maximum atomic E-state index is 13.3. The third-order valence-corrected chi connectivity index (χ3v) is 4.72. The van der Waals surface area contributed by atoms with Gasteiger partial charge in [0, 0.05) is 26.2 Å². The SMILES string of the molecule is Cn1nc(C(=O)N2CCCC(CCc3cccc(F)c3)C2)ccc1=O. The third-order valence-electron chi connectivity index (χ3n) is 4.72. The first-order valence-electron chi connectivity index (χ1n) is 8.61. The number of halogens is 1. The fourth-order valence-electron chi connectivity index (χ4n) is 3.33. The molecular formula is C19H22FN3O2. The van der Waals surface area contributed by atoms with Gasteiger partial charge in [-0.05, 0) is 55.4 Å². The van der Waals surface area contributed by atoms with Crippen molar-refractivity contribution in [3.8, 4) is 0 Å². The summed E-state index contributed by atoms with van der Waals surface area (Å²) < 4.78 is 14.4. The van der Waals surface area contributed by atoms with E-state index in [2.05, 4.69) is 5.10 Å². The number of amides is 1. The lowest BCUT2D eigenvalue weighted by molar-refractivity contribution is 0.0660. The molecule has 1 aliphatic heterocycles. The van der Waals surface area contributed by atoms with Gasteiger partial charge >= 0.3 is 0 Å². The fraction of sp³-hybridized carbons (Fsp3) is 0.421. The largest absolute Gasteiger partial charge is 0.337 e. The molecule has 0 aliphatic carbocycles. The van der Waals surface area contributed by atoms with Gasteiger partial charge in [0.15, 0.2) is 0 Å². The van der Waals surface area contributed by atoms with Crippen LogP contribution in [0.3, 0.4) is 0 Å². The van der Waals surface area contributed by atoms with E-state index in [1.165, 1.54) is 29.9 Å². The summed E-state index contributed by atoms with van der Waals surface area (Å²) in [7, 11) is 1.54. The molecular weight excluding hydrogens is 321 g/mol. The second kappa shape index (κ2) is 7.59. The number of aromatic nitrogens is 2. The number of rotatable bonds is 4. The van der Waals surface area contributed by atoms with Gasteiger partial charge in [-0.25, -0.2) is 9.07 Å². The van der Waals surface area contributed by atoms with E-state index in [9.17, 15) is 14.0 Å². The van der Waals surface area contributed by atoms with Crippen LogP contribution in [0, 0.1) is 11.7 Å². The van der Waals surface area contributed by atoms with Crippen LogP contribution in [-0.2, 0) is 13.5 Å². The minimum atomic E-state index is -0.233. The Balaban J connectivity index is 1.61. The van der Waals surface area contributed by atoms with Crippen molar-refractivity contribution in [3.63, 3.8) is 0 Å². The lowest BCUT2D eigenvalue weighted by atomic mass is 9.91. The molecule has 1 saturated heterocycles. The summed E-state index contributed by atoms with van der Waals surface area (Å²) in [6.07, 6.45) is 3.75. The Bertz CT molecular complexity index is 818. The molecule has 1 aromatic heterocycles. The smallest absolute Gasteiger partial charge is 0.274 e. The van der Waals surface area contributed by atoms with Gasteiger partial charge in [-0.1, -0.05) is 12.1 Å². The van der Waals surface area contributed by atoms with Gasteiger partial charge < -0.3 is 4.90 Å². The van der Waals surface area contributed by atoms with Gasteiger partial charge in [0.25, 0.3) is 11.5 Å². The number of aryl methyl sites for hydroxylation is 2. The Morgan fingerprint density at radius 3 is 2.92 bits per heavy atom. The van der Waals surface area contributed by atoms with Crippen molar-refractivity contribution in [2.24, 2.45) is 13.0 Å². The molecule has 1 atom stereocenters. The molecule has 6 heteroatoms. The molecule has 1 unspecified atom stereocenters. The number of piperidine rings is 1. The maximum Gasteiger partial charge on any atom is 0.274 e. The van der Waals surface area contributed by atoms with Crippen LogP contribution in [0.25, 0.3) is 0 Å². The Kier molecular flexibility index (Phi) is 5.26. The van der Waals surface area contributed by atoms with E-state index in [0.717, 1.165) is 31.2 Å². The number of likely N-dealkylation sites (tertiary alicyclic amines) is 1. The first-order chi connectivity index (χ1) is 12.0. The van der Waals surface area contributed by atoms with Crippen LogP contribution in [0.5, 0.6) is 0 Å². The van der Waals surface area contributed by atoms with E-state index in [0.29, 0.717) is 24.7 Å². The van der Waals surface area contributed by atoms with Gasteiger partial charge in [0.2, 0.25) is 0 Å². The standard InChI is InChI=1S/C19H22FN3O2/c1-22-18(24)10-9-17(21-22)19(25)23-11-3-5-15(13-23)8-7-14-4-2-6-16(20)12-14/h2,4,6,9-10,12,15H,3,5,7-8,11,13H2,1H3. The van der Waals surface area contributed by atoms with Gasteiger partial charge in [0.1, 0.15) is 11.5 Å². The van der Waals surface area contributed by atoms with Crippen LogP contribution >= 0.6 is 0 Å². The molecule has 5 nitrogen and oxygen atoms in total. The molecule has 0 spiro atoms. The average molecular weight is 343 g/mol. The van der Waals surface area contributed by atoms with Crippen molar-refractivity contribution >= 4 is 5.91 Å². The minimum Gasteiger partial charge on any atom is -0.337 e. The number of carbonyl (C=O) groups is 1. The molecule has 25 heavy (non-hydrogen) atoms. The third kappa shape index (κ3) is 4.32. The minimum absolute atomic E-state index is 0.133. The van der Waals surface area contributed by atoms with Gasteiger partial charge in [-0.15, -0.1) is 0 Å². The van der Waals surface area contributed by atoms with E-state index in [1.807, 2.05) is 11.0 Å². The maximum absolute atomic E-state index is 13.3. The molecule has 0 radical (unpaired) electrons. The number of hydrogen-bond acceptors (Lipinski definition) is 3. The summed E-state index contributed by atoms with van der Waals surface area (Å²) in [4.78, 5) is 25.9. The fourth-order valence-corrected chi connectivity index (χ4v) is 3.33. The van der Waals surface area contributed by atoms with E-state index < -0.39 is 0 Å². The highest BCUT2D eigenvalue weighted by Gasteiger charge is 2.25. The average Bonchev–Trinajstić information content (AvgIpc) is 2.62. The van der Waals surface area contributed by atoms with E-state index in [-0.39, 0.29) is 17.3 Å². The summed E-state index contributed by atoms with van der Waals surface area (Å²) in [6, 6.07) is 9.54. The highest BCUT2D eigenvalue weighted by molar-refractivity contribution is 5.92. The number of carbonyl (C=O) groups excluding carboxylic acids is 1. The Hall–Kier alpha value is -2.50. The summed E-state index contributed by atoms with van der Waals surface area (Å²) in [5.74, 6) is 0.0540. The molecule has 1 aromatic carbocycles. The van der Waals surface area contributed by atoms with Crippen molar-refractivity contribution in [1.82, 2.24) is 14.7 Å². The molecule has 2 aromatic rings. The zero-order chi connectivity index (χ0) is 17.8. The van der Waals surface area contributed by atoms with Crippen LogP contribution in [0.1, 0.15) is 35.3 Å². The zero-order valence-corrected chi connectivity index (χ0v) is 14.3. The molecule has 3 rings (SSSR count). The topological polar surface area (TPSA) is 55.2 Å². The molecule has 132 valence electrons. The Labute approximate surface area is 146 Å². The molecule has 0 bridgehead atoms. The first-order valence-corrected chi connectivity index (χ1v) is 8.61. The first kappa shape index (κ1) is 17.3. The highest BCUT2D eigenvalue weighted by Crippen LogP contribution is 2.22. The number of benzene rings is 1. The number of hydrogen-bond donors (Lipinski definition) is 0. The van der Waals surface area contributed by atoms with E-state index in [1.54, 1.807) is 12.1 Å². The van der Waals surface area contributed by atoms with Crippen molar-refractivity contribution in [2.45, 2.75) is 25.7 Å². The van der Waals surface area contributed by atoms with Crippen molar-refractivity contribution < 1.29 is 9.18 Å². The molecule has 1 fully saturated rings. The normalized spacial score (nSPS) is 17.5. The quantitative estimate of drug-likeness (QED) is 0.857. The second-order valence-corrected chi connectivity index (χ2v) is 6.61. The predicted octanol–water partition coefficient (Wildman–Crippen LogP) is 2.40. The summed E-state index contributed by atoms with van der Waals surface area (Å²) in [5.41, 5.74) is 1.05. The Morgan fingerprint density at radius 2 is 2.16 bits per heavy atom. The lowest BCUT2D eigenvalue weighted by Crippen LogP contribution is -2.41. The highest BCUT2D eigenvalue weighted by atomic mass is 19.1. The van der Waals surface area contributed by atoms with Gasteiger partial charge in [0.05, 0.1) is 0 Å². The molecule has 1 aliphatic rings. The van der Waals surface area contributed by atoms with Crippen LogP contribution in [-0.4, -0.2) is 33.7 Å². The predicted molar refractivity (Wildman–Crippen MR) is 92.8 cm³/mol. The summed E-state index contributed by atoms with van der Waals surface area (Å²) in [5, 5.41) is 4.05. The molecule has 0 N–H and O–H groups in total. The van der Waals surface area contributed by atoms with Crippen molar-refractivity contribution in [2.75, 3.05) is 13.1 Å². The molecule has 2 heterocycles. The van der Waals surface area contributed by atoms with Crippen LogP contribution < -0.4 is 5.56 Å². The molecule has 0 saturated carbocycles. The van der Waals surface area contributed by atoms with Crippen molar-refractivity contribution in [3.05, 3.63) is 63.8 Å². The van der Waals surface area contributed by atoms with Gasteiger partial charge in [-0.2, -0.15) is 5.10 Å². The van der Waals surface area contributed by atoms with Crippen LogP contribution in [0.2, 0.25) is 0 Å². The lowest BCUT2D eigenvalue weighted by Gasteiger charge is -2.32. The van der Waals surface area contributed by atoms with Crippen LogP contribution in [0.15, 0.2) is 41.2 Å². The van der Waals surface area contributed by atoms with Gasteiger partial charge in [-0.3, -0.25) is 9.59 Å². The van der Waals surface area contributed by atoms with Crippen LogP contribution in [0.4, 0.5) is 4.39 Å². The number of nitrogens with zero attached hydrogens (tertiary/aromatic N) is 3. The molecule has 1 amide bonds. The summed E-state index contributed by atoms with van der Waals surface area (Å²) >= 11 is 0.